The number of hydrogen-bond acceptors (Lipinski definition) is 4. The summed E-state index contributed by atoms with van der Waals surface area (Å²) in [4.78, 5) is 4.38. The molecular weight excluding hydrogens is 192 g/mol. The molecule has 1 N–H and O–H groups in total. The van der Waals surface area contributed by atoms with Crippen LogP contribution in [0.1, 0.15) is 57.2 Å². The molecular formula is C11H18N2O2. The Morgan fingerprint density at radius 3 is 2.73 bits per heavy atom. The number of aliphatic hydroxyl groups is 1. The number of nitrogens with zero attached hydrogens (tertiary/aromatic N) is 2. The predicted octanol–water partition coefficient (Wildman–Crippen LogP) is 2.07. The van der Waals surface area contributed by atoms with Crippen LogP contribution in [-0.4, -0.2) is 21.4 Å². The summed E-state index contributed by atoms with van der Waals surface area (Å²) >= 11 is 0. The third-order valence-electron chi connectivity index (χ3n) is 3.24. The van der Waals surface area contributed by atoms with Crippen LogP contribution in [-0.2, 0) is 0 Å². The van der Waals surface area contributed by atoms with E-state index >= 15 is 0 Å². The maximum Gasteiger partial charge on any atom is 0.232 e. The summed E-state index contributed by atoms with van der Waals surface area (Å²) in [5, 5.41) is 13.5. The molecule has 1 aromatic heterocycles. The Kier molecular flexibility index (Phi) is 2.78. The lowest BCUT2D eigenvalue weighted by atomic mass is 10.0. The predicted molar refractivity (Wildman–Crippen MR) is 55.5 cm³/mol. The minimum atomic E-state index is -0.431. The molecule has 84 valence electrons. The average molecular weight is 210 g/mol. The first-order valence-corrected chi connectivity index (χ1v) is 5.65. The van der Waals surface area contributed by atoms with Crippen molar-refractivity contribution in [1.82, 2.24) is 10.1 Å². The van der Waals surface area contributed by atoms with Gasteiger partial charge in [-0.1, -0.05) is 19.0 Å². The molecule has 0 aliphatic heterocycles. The Labute approximate surface area is 89.7 Å². The molecule has 0 bridgehead atoms. The molecule has 4 atom stereocenters. The zero-order valence-electron chi connectivity index (χ0n) is 9.47. The number of aliphatic hydroxyl groups excluding tert-OH is 1. The SMILES string of the molecule is CCC(c1nc(C2CC2C)no1)C(C)O. The van der Waals surface area contributed by atoms with E-state index in [0.29, 0.717) is 17.7 Å². The number of aromatic nitrogens is 2. The summed E-state index contributed by atoms with van der Waals surface area (Å²) < 4.78 is 5.21. The molecule has 4 heteroatoms. The maximum atomic E-state index is 9.55. The van der Waals surface area contributed by atoms with Crippen molar-refractivity contribution in [3.05, 3.63) is 11.7 Å². The van der Waals surface area contributed by atoms with Crippen molar-refractivity contribution in [3.8, 4) is 0 Å². The Balaban J connectivity index is 2.11. The molecule has 4 nitrogen and oxygen atoms in total. The Morgan fingerprint density at radius 2 is 2.27 bits per heavy atom. The molecule has 0 amide bonds. The van der Waals surface area contributed by atoms with Gasteiger partial charge in [-0.2, -0.15) is 4.98 Å². The Bertz CT molecular complexity index is 335. The standard InChI is InChI=1S/C11H18N2O2/c1-4-8(7(3)14)11-12-10(13-15-11)9-5-6(9)2/h6-9,14H,4-5H2,1-3H3. The lowest BCUT2D eigenvalue weighted by Crippen LogP contribution is -2.14. The van der Waals surface area contributed by atoms with E-state index in [2.05, 4.69) is 17.1 Å². The summed E-state index contributed by atoms with van der Waals surface area (Å²) in [6.45, 7) is 5.96. The molecule has 0 radical (unpaired) electrons. The molecule has 1 saturated carbocycles. The van der Waals surface area contributed by atoms with E-state index < -0.39 is 6.10 Å². The molecule has 4 unspecified atom stereocenters. The summed E-state index contributed by atoms with van der Waals surface area (Å²) in [5.41, 5.74) is 0. The van der Waals surface area contributed by atoms with Crippen LogP contribution in [0.5, 0.6) is 0 Å². The van der Waals surface area contributed by atoms with Gasteiger partial charge in [0.25, 0.3) is 0 Å². The van der Waals surface area contributed by atoms with Gasteiger partial charge >= 0.3 is 0 Å². The van der Waals surface area contributed by atoms with Crippen molar-refractivity contribution in [2.45, 2.75) is 51.6 Å². The van der Waals surface area contributed by atoms with Crippen LogP contribution in [0.2, 0.25) is 0 Å². The topological polar surface area (TPSA) is 59.2 Å². The van der Waals surface area contributed by atoms with Crippen LogP contribution in [0.3, 0.4) is 0 Å². The summed E-state index contributed by atoms with van der Waals surface area (Å²) in [5.74, 6) is 2.54. The van der Waals surface area contributed by atoms with E-state index in [9.17, 15) is 5.11 Å². The highest BCUT2D eigenvalue weighted by Crippen LogP contribution is 2.45. The molecule has 0 aromatic carbocycles. The first-order chi connectivity index (χ1) is 7.13. The summed E-state index contributed by atoms with van der Waals surface area (Å²) in [6, 6.07) is 0. The molecule has 2 rings (SSSR count). The van der Waals surface area contributed by atoms with E-state index in [1.54, 1.807) is 6.92 Å². The first-order valence-electron chi connectivity index (χ1n) is 5.65. The second-order valence-electron chi connectivity index (χ2n) is 4.57. The van der Waals surface area contributed by atoms with Gasteiger partial charge in [0, 0.05) is 5.92 Å². The third-order valence-corrected chi connectivity index (χ3v) is 3.24. The first kappa shape index (κ1) is 10.6. The van der Waals surface area contributed by atoms with Gasteiger partial charge in [0.05, 0.1) is 12.0 Å². The van der Waals surface area contributed by atoms with Gasteiger partial charge in [-0.3, -0.25) is 0 Å². The van der Waals surface area contributed by atoms with Crippen molar-refractivity contribution in [2.75, 3.05) is 0 Å². The fourth-order valence-corrected chi connectivity index (χ4v) is 1.95. The van der Waals surface area contributed by atoms with E-state index in [-0.39, 0.29) is 5.92 Å². The minimum Gasteiger partial charge on any atom is -0.393 e. The second-order valence-corrected chi connectivity index (χ2v) is 4.57. The highest BCUT2D eigenvalue weighted by molar-refractivity contribution is 5.09. The summed E-state index contributed by atoms with van der Waals surface area (Å²) in [6.07, 6.45) is 1.55. The lowest BCUT2D eigenvalue weighted by molar-refractivity contribution is 0.141. The van der Waals surface area contributed by atoms with E-state index in [1.807, 2.05) is 6.92 Å². The zero-order valence-corrected chi connectivity index (χ0v) is 9.47. The maximum absolute atomic E-state index is 9.55. The van der Waals surface area contributed by atoms with Gasteiger partial charge < -0.3 is 9.63 Å². The van der Waals surface area contributed by atoms with Crippen molar-refractivity contribution in [1.29, 1.82) is 0 Å². The zero-order chi connectivity index (χ0) is 11.0. The normalized spacial score (nSPS) is 28.8. The van der Waals surface area contributed by atoms with Gasteiger partial charge in [-0.25, -0.2) is 0 Å². The monoisotopic (exact) mass is 210 g/mol. The Hall–Kier alpha value is -0.900. The fraction of sp³-hybridized carbons (Fsp3) is 0.818. The lowest BCUT2D eigenvalue weighted by Gasteiger charge is -2.12. The smallest absolute Gasteiger partial charge is 0.232 e. The van der Waals surface area contributed by atoms with Gasteiger partial charge in [-0.05, 0) is 25.7 Å². The number of hydrogen-bond donors (Lipinski definition) is 1. The van der Waals surface area contributed by atoms with Crippen molar-refractivity contribution >= 4 is 0 Å². The highest BCUT2D eigenvalue weighted by atomic mass is 16.5. The van der Waals surface area contributed by atoms with Crippen LogP contribution in [0, 0.1) is 5.92 Å². The molecule has 1 fully saturated rings. The molecule has 1 aromatic rings. The number of rotatable bonds is 4. The van der Waals surface area contributed by atoms with E-state index in [0.717, 1.165) is 18.7 Å². The molecule has 15 heavy (non-hydrogen) atoms. The molecule has 0 saturated heterocycles. The van der Waals surface area contributed by atoms with Crippen molar-refractivity contribution in [3.63, 3.8) is 0 Å². The van der Waals surface area contributed by atoms with Gasteiger partial charge in [0.1, 0.15) is 0 Å². The van der Waals surface area contributed by atoms with E-state index in [4.69, 9.17) is 4.52 Å². The van der Waals surface area contributed by atoms with Crippen molar-refractivity contribution in [2.24, 2.45) is 5.92 Å². The fourth-order valence-electron chi connectivity index (χ4n) is 1.95. The van der Waals surface area contributed by atoms with Crippen LogP contribution in [0.15, 0.2) is 4.52 Å². The molecule has 1 aliphatic carbocycles. The van der Waals surface area contributed by atoms with Gasteiger partial charge in [-0.15, -0.1) is 0 Å². The van der Waals surface area contributed by atoms with Crippen LogP contribution < -0.4 is 0 Å². The molecule has 1 aliphatic rings. The largest absolute Gasteiger partial charge is 0.393 e. The second kappa shape index (κ2) is 3.93. The highest BCUT2D eigenvalue weighted by Gasteiger charge is 2.38. The average Bonchev–Trinajstić information content (AvgIpc) is 2.74. The quantitative estimate of drug-likeness (QED) is 0.826. The van der Waals surface area contributed by atoms with Crippen LogP contribution >= 0.6 is 0 Å². The van der Waals surface area contributed by atoms with Crippen molar-refractivity contribution < 1.29 is 9.63 Å². The minimum absolute atomic E-state index is 0.0275. The molecule has 1 heterocycles. The van der Waals surface area contributed by atoms with E-state index in [1.165, 1.54) is 0 Å². The third kappa shape index (κ3) is 2.04. The Morgan fingerprint density at radius 1 is 1.60 bits per heavy atom. The van der Waals surface area contributed by atoms with Crippen LogP contribution in [0.25, 0.3) is 0 Å². The van der Waals surface area contributed by atoms with Gasteiger partial charge in [0.2, 0.25) is 5.89 Å². The van der Waals surface area contributed by atoms with Crippen LogP contribution in [0.4, 0.5) is 0 Å². The van der Waals surface area contributed by atoms with Gasteiger partial charge in [0.15, 0.2) is 5.82 Å². The summed E-state index contributed by atoms with van der Waals surface area (Å²) in [7, 11) is 0. The molecule has 0 spiro atoms.